The molecule has 1 aromatic rings. The van der Waals surface area contributed by atoms with Crippen LogP contribution in [0.25, 0.3) is 0 Å². The van der Waals surface area contributed by atoms with Crippen LogP contribution in [0.1, 0.15) is 58.3 Å². The lowest BCUT2D eigenvalue weighted by atomic mass is 9.90. The van der Waals surface area contributed by atoms with E-state index >= 15 is 0 Å². The Kier molecular flexibility index (Phi) is 3.27. The second-order valence-corrected chi connectivity index (χ2v) is 5.17. The van der Waals surface area contributed by atoms with E-state index in [2.05, 4.69) is 25.0 Å². The summed E-state index contributed by atoms with van der Waals surface area (Å²) in [5.41, 5.74) is 7.12. The molecule has 0 amide bonds. The molecule has 1 atom stereocenters. The fraction of sp³-hybridized carbons (Fsp3) is 0.667. The van der Waals surface area contributed by atoms with Gasteiger partial charge in [0.25, 0.3) is 0 Å². The lowest BCUT2D eigenvalue weighted by Crippen LogP contribution is -2.15. The Morgan fingerprint density at radius 3 is 2.38 bits per heavy atom. The molecule has 0 aromatic carbocycles. The number of anilines is 1. The number of nitrogens with two attached hydrogens (primary N) is 1. The van der Waals surface area contributed by atoms with Crippen molar-refractivity contribution in [2.45, 2.75) is 52.5 Å². The van der Waals surface area contributed by atoms with E-state index in [4.69, 9.17) is 11.0 Å². The first-order chi connectivity index (χ1) is 7.32. The van der Waals surface area contributed by atoms with Gasteiger partial charge < -0.3 is 5.73 Å². The molecule has 88 valence electrons. The van der Waals surface area contributed by atoms with Gasteiger partial charge in [0, 0.05) is 5.41 Å². The van der Waals surface area contributed by atoms with Gasteiger partial charge in [-0.05, 0) is 13.3 Å². The molecule has 0 saturated carbocycles. The van der Waals surface area contributed by atoms with Crippen molar-refractivity contribution in [2.24, 2.45) is 0 Å². The zero-order valence-electron chi connectivity index (χ0n) is 10.7. The van der Waals surface area contributed by atoms with E-state index in [9.17, 15) is 0 Å². The first kappa shape index (κ1) is 12.6. The quantitative estimate of drug-likeness (QED) is 0.833. The molecule has 0 spiro atoms. The molecule has 0 aliphatic carbocycles. The Balaban J connectivity index is 3.39. The zero-order chi connectivity index (χ0) is 12.5. The molecule has 16 heavy (non-hydrogen) atoms. The van der Waals surface area contributed by atoms with Crippen molar-refractivity contribution in [3.63, 3.8) is 0 Å². The molecule has 0 radical (unpaired) electrons. The van der Waals surface area contributed by atoms with Gasteiger partial charge in [-0.1, -0.05) is 27.7 Å². The molecule has 0 aliphatic heterocycles. The van der Waals surface area contributed by atoms with Gasteiger partial charge in [-0.25, -0.2) is 4.68 Å². The van der Waals surface area contributed by atoms with E-state index < -0.39 is 0 Å². The van der Waals surface area contributed by atoms with Gasteiger partial charge in [-0.15, -0.1) is 0 Å². The van der Waals surface area contributed by atoms with Crippen molar-refractivity contribution in [1.82, 2.24) is 9.78 Å². The van der Waals surface area contributed by atoms with Crippen LogP contribution in [0.2, 0.25) is 0 Å². The fourth-order valence-corrected chi connectivity index (χ4v) is 1.59. The number of nitrogens with zero attached hydrogens (tertiary/aromatic N) is 3. The molecule has 1 rings (SSSR count). The lowest BCUT2D eigenvalue weighted by molar-refractivity contribution is 0.463. The van der Waals surface area contributed by atoms with E-state index in [-0.39, 0.29) is 11.5 Å². The minimum atomic E-state index is -0.155. The number of hydrogen-bond acceptors (Lipinski definition) is 3. The van der Waals surface area contributed by atoms with Gasteiger partial charge in [0.2, 0.25) is 0 Å². The molecule has 1 aromatic heterocycles. The summed E-state index contributed by atoms with van der Waals surface area (Å²) in [6.45, 7) is 10.2. The van der Waals surface area contributed by atoms with Crippen LogP contribution in [0.15, 0.2) is 0 Å². The summed E-state index contributed by atoms with van der Waals surface area (Å²) in [5, 5.41) is 13.6. The first-order valence-corrected chi connectivity index (χ1v) is 5.61. The van der Waals surface area contributed by atoms with Crippen LogP contribution in [0.4, 0.5) is 5.82 Å². The average molecular weight is 220 g/mol. The van der Waals surface area contributed by atoms with Gasteiger partial charge in [0.15, 0.2) is 0 Å². The van der Waals surface area contributed by atoms with Crippen LogP contribution < -0.4 is 5.73 Å². The maximum absolute atomic E-state index is 9.15. The summed E-state index contributed by atoms with van der Waals surface area (Å²) < 4.78 is 1.76. The predicted octanol–water partition coefficient (Wildman–Crippen LogP) is 2.61. The number of aromatic nitrogens is 2. The molecule has 0 aliphatic rings. The van der Waals surface area contributed by atoms with Crippen molar-refractivity contribution in [1.29, 1.82) is 5.26 Å². The molecular formula is C12H20N4. The smallest absolute Gasteiger partial charge is 0.140 e. The highest BCUT2D eigenvalue weighted by atomic mass is 15.3. The minimum absolute atomic E-state index is 0.155. The average Bonchev–Trinajstić information content (AvgIpc) is 2.53. The van der Waals surface area contributed by atoms with Gasteiger partial charge in [0.05, 0.1) is 11.7 Å². The SMILES string of the molecule is CC[C@@H](C)n1nc(C(C)(C)C)c(C#N)c1N. The molecule has 1 heterocycles. The largest absolute Gasteiger partial charge is 0.383 e. The normalized spacial score (nSPS) is 13.5. The standard InChI is InChI=1S/C12H20N4/c1-6-8(2)16-11(14)9(7-13)10(15-16)12(3,4)5/h8H,6,14H2,1-5H3/t8-/m1/s1. The van der Waals surface area contributed by atoms with Crippen LogP contribution in [0, 0.1) is 11.3 Å². The summed E-state index contributed by atoms with van der Waals surface area (Å²) in [5.74, 6) is 0.488. The molecule has 0 bridgehead atoms. The highest BCUT2D eigenvalue weighted by Gasteiger charge is 2.26. The summed E-state index contributed by atoms with van der Waals surface area (Å²) in [6, 6.07) is 2.39. The highest BCUT2D eigenvalue weighted by Crippen LogP contribution is 2.30. The van der Waals surface area contributed by atoms with Gasteiger partial charge in [-0.3, -0.25) is 0 Å². The Labute approximate surface area is 97.1 Å². The number of rotatable bonds is 2. The third kappa shape index (κ3) is 2.04. The van der Waals surface area contributed by atoms with Crippen LogP contribution in [-0.2, 0) is 5.41 Å². The van der Waals surface area contributed by atoms with Crippen LogP contribution in [0.5, 0.6) is 0 Å². The van der Waals surface area contributed by atoms with Crippen LogP contribution in [0.3, 0.4) is 0 Å². The van der Waals surface area contributed by atoms with Gasteiger partial charge >= 0.3 is 0 Å². The summed E-state index contributed by atoms with van der Waals surface area (Å²) >= 11 is 0. The topological polar surface area (TPSA) is 67.6 Å². The Bertz CT molecular complexity index is 417. The van der Waals surface area contributed by atoms with Crippen molar-refractivity contribution < 1.29 is 0 Å². The first-order valence-electron chi connectivity index (χ1n) is 5.61. The minimum Gasteiger partial charge on any atom is -0.383 e. The number of hydrogen-bond donors (Lipinski definition) is 1. The van der Waals surface area contributed by atoms with Crippen LogP contribution >= 0.6 is 0 Å². The van der Waals surface area contributed by atoms with Crippen molar-refractivity contribution in [2.75, 3.05) is 5.73 Å². The van der Waals surface area contributed by atoms with E-state index in [1.54, 1.807) is 4.68 Å². The van der Waals surface area contributed by atoms with E-state index in [1.165, 1.54) is 0 Å². The fourth-order valence-electron chi connectivity index (χ4n) is 1.59. The molecule has 0 fully saturated rings. The Hall–Kier alpha value is -1.50. The third-order valence-corrected chi connectivity index (χ3v) is 2.78. The van der Waals surface area contributed by atoms with Crippen molar-refractivity contribution in [3.8, 4) is 6.07 Å². The van der Waals surface area contributed by atoms with Crippen molar-refractivity contribution >= 4 is 5.82 Å². The summed E-state index contributed by atoms with van der Waals surface area (Å²) in [4.78, 5) is 0. The van der Waals surface area contributed by atoms with Crippen molar-refractivity contribution in [3.05, 3.63) is 11.3 Å². The number of nitriles is 1. The van der Waals surface area contributed by atoms with Crippen LogP contribution in [-0.4, -0.2) is 9.78 Å². The maximum atomic E-state index is 9.15. The molecule has 4 heteroatoms. The summed E-state index contributed by atoms with van der Waals surface area (Å²) in [6.07, 6.45) is 0.945. The second-order valence-electron chi connectivity index (χ2n) is 5.17. The van der Waals surface area contributed by atoms with E-state index in [0.717, 1.165) is 12.1 Å². The zero-order valence-corrected chi connectivity index (χ0v) is 10.7. The Morgan fingerprint density at radius 2 is 2.06 bits per heavy atom. The predicted molar refractivity (Wildman–Crippen MR) is 65.1 cm³/mol. The van der Waals surface area contributed by atoms with E-state index in [1.807, 2.05) is 20.8 Å². The monoisotopic (exact) mass is 220 g/mol. The maximum Gasteiger partial charge on any atom is 0.140 e. The van der Waals surface area contributed by atoms with Gasteiger partial charge in [-0.2, -0.15) is 10.4 Å². The van der Waals surface area contributed by atoms with E-state index in [0.29, 0.717) is 11.4 Å². The molecular weight excluding hydrogens is 200 g/mol. The molecule has 0 saturated heterocycles. The molecule has 0 unspecified atom stereocenters. The highest BCUT2D eigenvalue weighted by molar-refractivity contribution is 5.54. The second kappa shape index (κ2) is 4.17. The number of nitrogen functional groups attached to an aromatic ring is 1. The third-order valence-electron chi connectivity index (χ3n) is 2.78. The lowest BCUT2D eigenvalue weighted by Gasteiger charge is -2.15. The van der Waals surface area contributed by atoms with Gasteiger partial charge in [0.1, 0.15) is 17.5 Å². The molecule has 2 N–H and O–H groups in total. The molecule has 4 nitrogen and oxygen atoms in total. The Morgan fingerprint density at radius 1 is 1.50 bits per heavy atom. The summed E-state index contributed by atoms with van der Waals surface area (Å²) in [7, 11) is 0.